The molecule has 1 fully saturated rings. The van der Waals surface area contributed by atoms with E-state index in [2.05, 4.69) is 17.1 Å². The Balaban J connectivity index is 1.42. The maximum Gasteiger partial charge on any atom is 0.123 e. The molecule has 1 aromatic rings. The summed E-state index contributed by atoms with van der Waals surface area (Å²) in [7, 11) is 0. The SMILES string of the molecule is CC(CN1CCOCC1)NCC1Cc2cc(Cl)ccc2O1. The van der Waals surface area contributed by atoms with Gasteiger partial charge in [0.15, 0.2) is 0 Å². The molecule has 0 spiro atoms. The predicted molar refractivity (Wildman–Crippen MR) is 84.3 cm³/mol. The van der Waals surface area contributed by atoms with E-state index in [4.69, 9.17) is 21.1 Å². The Hall–Kier alpha value is -0.810. The zero-order chi connectivity index (χ0) is 14.7. The normalized spacial score (nSPS) is 23.6. The standard InChI is InChI=1S/C16H23ClN2O2/c1-12(11-19-4-6-20-7-5-19)18-10-15-9-13-8-14(17)2-3-16(13)21-15/h2-3,8,12,15,18H,4-7,9-11H2,1H3. The van der Waals surface area contributed by atoms with Gasteiger partial charge in [-0.25, -0.2) is 0 Å². The molecule has 0 bridgehead atoms. The van der Waals surface area contributed by atoms with Gasteiger partial charge in [0.2, 0.25) is 0 Å². The van der Waals surface area contributed by atoms with Crippen LogP contribution in [0.15, 0.2) is 18.2 Å². The van der Waals surface area contributed by atoms with Crippen LogP contribution in [0.1, 0.15) is 12.5 Å². The van der Waals surface area contributed by atoms with E-state index in [9.17, 15) is 0 Å². The summed E-state index contributed by atoms with van der Waals surface area (Å²) in [6.45, 7) is 7.95. The fraction of sp³-hybridized carbons (Fsp3) is 0.625. The molecule has 0 amide bonds. The molecule has 1 aromatic carbocycles. The van der Waals surface area contributed by atoms with Gasteiger partial charge in [-0.3, -0.25) is 4.90 Å². The van der Waals surface area contributed by atoms with E-state index < -0.39 is 0 Å². The molecule has 5 heteroatoms. The first kappa shape index (κ1) is 15.1. The second-order valence-electron chi connectivity index (χ2n) is 5.92. The highest BCUT2D eigenvalue weighted by Gasteiger charge is 2.23. The van der Waals surface area contributed by atoms with Crippen molar-refractivity contribution in [1.82, 2.24) is 10.2 Å². The lowest BCUT2D eigenvalue weighted by atomic mass is 10.1. The Morgan fingerprint density at radius 2 is 2.19 bits per heavy atom. The van der Waals surface area contributed by atoms with E-state index in [1.54, 1.807) is 0 Å². The quantitative estimate of drug-likeness (QED) is 0.901. The van der Waals surface area contributed by atoms with E-state index in [1.807, 2.05) is 18.2 Å². The third-order valence-corrected chi connectivity index (χ3v) is 4.33. The molecule has 2 aliphatic heterocycles. The number of ether oxygens (including phenoxy) is 2. The summed E-state index contributed by atoms with van der Waals surface area (Å²) in [6, 6.07) is 6.32. The number of halogens is 1. The molecule has 0 aromatic heterocycles. The minimum absolute atomic E-state index is 0.214. The van der Waals surface area contributed by atoms with Crippen LogP contribution >= 0.6 is 11.6 Å². The van der Waals surface area contributed by atoms with Crippen molar-refractivity contribution in [2.75, 3.05) is 39.4 Å². The largest absolute Gasteiger partial charge is 0.488 e. The minimum Gasteiger partial charge on any atom is -0.488 e. The van der Waals surface area contributed by atoms with Gasteiger partial charge in [-0.2, -0.15) is 0 Å². The van der Waals surface area contributed by atoms with Gasteiger partial charge in [0.25, 0.3) is 0 Å². The summed E-state index contributed by atoms with van der Waals surface area (Å²) in [6.07, 6.45) is 1.15. The summed E-state index contributed by atoms with van der Waals surface area (Å²) < 4.78 is 11.3. The fourth-order valence-electron chi connectivity index (χ4n) is 2.97. The average molecular weight is 311 g/mol. The number of hydrogen-bond donors (Lipinski definition) is 1. The van der Waals surface area contributed by atoms with Crippen LogP contribution < -0.4 is 10.1 Å². The van der Waals surface area contributed by atoms with Crippen molar-refractivity contribution < 1.29 is 9.47 Å². The van der Waals surface area contributed by atoms with Gasteiger partial charge in [-0.1, -0.05) is 11.6 Å². The summed E-state index contributed by atoms with van der Waals surface area (Å²) in [5.74, 6) is 0.979. The maximum atomic E-state index is 6.02. The molecule has 1 N–H and O–H groups in total. The van der Waals surface area contributed by atoms with Crippen LogP contribution in [0.25, 0.3) is 0 Å². The predicted octanol–water partition coefficient (Wildman–Crippen LogP) is 1.95. The Labute approximate surface area is 131 Å². The Bertz CT molecular complexity index is 477. The van der Waals surface area contributed by atoms with Crippen LogP contribution in [-0.4, -0.2) is 56.4 Å². The highest BCUT2D eigenvalue weighted by atomic mass is 35.5. The van der Waals surface area contributed by atoms with E-state index in [0.29, 0.717) is 6.04 Å². The number of nitrogens with zero attached hydrogens (tertiary/aromatic N) is 1. The van der Waals surface area contributed by atoms with Crippen molar-refractivity contribution in [2.24, 2.45) is 0 Å². The summed E-state index contributed by atoms with van der Waals surface area (Å²) in [5.41, 5.74) is 1.22. The zero-order valence-electron chi connectivity index (χ0n) is 12.5. The lowest BCUT2D eigenvalue weighted by Gasteiger charge is -2.29. The Morgan fingerprint density at radius 1 is 1.38 bits per heavy atom. The van der Waals surface area contributed by atoms with Gasteiger partial charge in [-0.15, -0.1) is 0 Å². The van der Waals surface area contributed by atoms with Crippen LogP contribution in [0.3, 0.4) is 0 Å². The number of benzene rings is 1. The molecule has 1 saturated heterocycles. The van der Waals surface area contributed by atoms with Crippen molar-refractivity contribution in [2.45, 2.75) is 25.5 Å². The molecule has 4 nitrogen and oxygen atoms in total. The van der Waals surface area contributed by atoms with Crippen LogP contribution in [-0.2, 0) is 11.2 Å². The zero-order valence-corrected chi connectivity index (χ0v) is 13.2. The second kappa shape index (κ2) is 6.97. The van der Waals surface area contributed by atoms with Crippen LogP contribution in [0, 0.1) is 0 Å². The molecule has 0 saturated carbocycles. The van der Waals surface area contributed by atoms with Crippen LogP contribution in [0.2, 0.25) is 5.02 Å². The first-order valence-corrected chi connectivity index (χ1v) is 8.07. The minimum atomic E-state index is 0.214. The lowest BCUT2D eigenvalue weighted by Crippen LogP contribution is -2.46. The topological polar surface area (TPSA) is 33.7 Å². The number of fused-ring (bicyclic) bond motifs is 1. The average Bonchev–Trinajstić information content (AvgIpc) is 2.88. The van der Waals surface area contributed by atoms with Crippen molar-refractivity contribution in [3.8, 4) is 5.75 Å². The fourth-order valence-corrected chi connectivity index (χ4v) is 3.17. The first-order chi connectivity index (χ1) is 10.2. The third kappa shape index (κ3) is 4.10. The molecule has 2 aliphatic rings. The van der Waals surface area contributed by atoms with E-state index in [1.165, 1.54) is 5.56 Å². The Morgan fingerprint density at radius 3 is 3.00 bits per heavy atom. The van der Waals surface area contributed by atoms with Gasteiger partial charge < -0.3 is 14.8 Å². The molecule has 2 atom stereocenters. The van der Waals surface area contributed by atoms with Crippen LogP contribution in [0.5, 0.6) is 5.75 Å². The molecular weight excluding hydrogens is 288 g/mol. The van der Waals surface area contributed by atoms with Crippen molar-refractivity contribution >= 4 is 11.6 Å². The smallest absolute Gasteiger partial charge is 0.123 e. The lowest BCUT2D eigenvalue weighted by molar-refractivity contribution is 0.0339. The van der Waals surface area contributed by atoms with E-state index >= 15 is 0 Å². The van der Waals surface area contributed by atoms with Crippen molar-refractivity contribution in [3.63, 3.8) is 0 Å². The second-order valence-corrected chi connectivity index (χ2v) is 6.35. The van der Waals surface area contributed by atoms with E-state index in [0.717, 1.165) is 56.6 Å². The molecule has 2 unspecified atom stereocenters. The third-order valence-electron chi connectivity index (χ3n) is 4.09. The highest BCUT2D eigenvalue weighted by molar-refractivity contribution is 6.30. The van der Waals surface area contributed by atoms with Crippen molar-refractivity contribution in [3.05, 3.63) is 28.8 Å². The maximum absolute atomic E-state index is 6.02. The molecule has 2 heterocycles. The molecule has 116 valence electrons. The molecular formula is C16H23ClN2O2. The molecule has 3 rings (SSSR count). The summed E-state index contributed by atoms with van der Waals surface area (Å²) in [4.78, 5) is 2.45. The van der Waals surface area contributed by atoms with E-state index in [-0.39, 0.29) is 6.10 Å². The summed E-state index contributed by atoms with van der Waals surface area (Å²) >= 11 is 6.02. The number of hydrogen-bond acceptors (Lipinski definition) is 4. The highest BCUT2D eigenvalue weighted by Crippen LogP contribution is 2.30. The molecule has 21 heavy (non-hydrogen) atoms. The number of nitrogens with one attached hydrogen (secondary N) is 1. The number of rotatable bonds is 5. The van der Waals surface area contributed by atoms with Gasteiger partial charge in [-0.05, 0) is 30.7 Å². The monoisotopic (exact) mass is 310 g/mol. The number of morpholine rings is 1. The van der Waals surface area contributed by atoms with Gasteiger partial charge in [0.05, 0.1) is 13.2 Å². The van der Waals surface area contributed by atoms with Gasteiger partial charge in [0, 0.05) is 43.7 Å². The van der Waals surface area contributed by atoms with Crippen molar-refractivity contribution in [1.29, 1.82) is 0 Å². The first-order valence-electron chi connectivity index (χ1n) is 7.69. The van der Waals surface area contributed by atoms with Gasteiger partial charge >= 0.3 is 0 Å². The molecule has 0 radical (unpaired) electrons. The van der Waals surface area contributed by atoms with Gasteiger partial charge in [0.1, 0.15) is 11.9 Å². The molecule has 0 aliphatic carbocycles. The summed E-state index contributed by atoms with van der Waals surface area (Å²) in [5, 5.41) is 4.36. The van der Waals surface area contributed by atoms with Crippen LogP contribution in [0.4, 0.5) is 0 Å². The Kier molecular flexibility index (Phi) is 5.01.